The van der Waals surface area contributed by atoms with Crippen LogP contribution in [0.1, 0.15) is 46.7 Å². The van der Waals surface area contributed by atoms with Crippen LogP contribution in [0.15, 0.2) is 47.1 Å². The van der Waals surface area contributed by atoms with Crippen molar-refractivity contribution in [3.8, 4) is 0 Å². The van der Waals surface area contributed by atoms with Crippen LogP contribution in [0.2, 0.25) is 0 Å². The van der Waals surface area contributed by atoms with E-state index in [2.05, 4.69) is 0 Å². The van der Waals surface area contributed by atoms with Crippen LogP contribution >= 0.6 is 0 Å². The third-order valence-electron chi connectivity index (χ3n) is 4.47. The van der Waals surface area contributed by atoms with Crippen molar-refractivity contribution in [1.29, 1.82) is 0 Å². The summed E-state index contributed by atoms with van der Waals surface area (Å²) >= 11 is 0. The first-order chi connectivity index (χ1) is 12.4. The first kappa shape index (κ1) is 17.9. The normalized spacial score (nSPS) is 14.7. The van der Waals surface area contributed by atoms with Gasteiger partial charge in [-0.2, -0.15) is 0 Å². The summed E-state index contributed by atoms with van der Waals surface area (Å²) in [5.74, 6) is -0.298. The van der Waals surface area contributed by atoms with Crippen molar-refractivity contribution >= 4 is 17.7 Å². The number of imide groups is 1. The van der Waals surface area contributed by atoms with E-state index in [0.29, 0.717) is 23.3 Å². The number of hydrogen-bond acceptors (Lipinski definition) is 4. The van der Waals surface area contributed by atoms with Gasteiger partial charge >= 0.3 is 0 Å². The Bertz CT molecular complexity index is 791. The van der Waals surface area contributed by atoms with Crippen LogP contribution < -0.4 is 0 Å². The van der Waals surface area contributed by atoms with E-state index in [1.54, 1.807) is 49.7 Å². The molecule has 0 saturated heterocycles. The predicted octanol–water partition coefficient (Wildman–Crippen LogP) is 2.95. The number of carbonyl (C=O) groups is 3. The number of carbonyl (C=O) groups excluding carboxylic acids is 3. The van der Waals surface area contributed by atoms with Gasteiger partial charge in [0.15, 0.2) is 0 Å². The molecule has 1 atom stereocenters. The summed E-state index contributed by atoms with van der Waals surface area (Å²) in [5, 5.41) is 0. The SMILES string of the molecule is CC(C)CC(C(=O)N(C)Cc1ccco1)N1C(=O)c2ccccc2C1=O. The monoisotopic (exact) mass is 354 g/mol. The molecule has 26 heavy (non-hydrogen) atoms. The van der Waals surface area contributed by atoms with Gasteiger partial charge in [0, 0.05) is 7.05 Å². The molecule has 6 nitrogen and oxygen atoms in total. The Labute approximate surface area is 152 Å². The minimum atomic E-state index is -0.831. The third-order valence-corrected chi connectivity index (χ3v) is 4.47. The zero-order chi connectivity index (χ0) is 18.8. The van der Waals surface area contributed by atoms with Gasteiger partial charge in [-0.1, -0.05) is 26.0 Å². The van der Waals surface area contributed by atoms with Crippen LogP contribution in [-0.4, -0.2) is 40.6 Å². The van der Waals surface area contributed by atoms with Crippen LogP contribution in [0.5, 0.6) is 0 Å². The Morgan fingerprint density at radius 3 is 2.19 bits per heavy atom. The fourth-order valence-electron chi connectivity index (χ4n) is 3.22. The molecule has 2 aromatic rings. The lowest BCUT2D eigenvalue weighted by Gasteiger charge is -2.30. The molecule has 0 bridgehead atoms. The number of furan rings is 1. The highest BCUT2D eigenvalue weighted by Crippen LogP contribution is 2.27. The number of fused-ring (bicyclic) bond motifs is 1. The van der Waals surface area contributed by atoms with Gasteiger partial charge in [-0.3, -0.25) is 19.3 Å². The van der Waals surface area contributed by atoms with Gasteiger partial charge in [0.1, 0.15) is 11.8 Å². The molecular weight excluding hydrogens is 332 g/mol. The molecule has 1 unspecified atom stereocenters. The lowest BCUT2D eigenvalue weighted by Crippen LogP contribution is -2.50. The van der Waals surface area contributed by atoms with Gasteiger partial charge in [-0.15, -0.1) is 0 Å². The molecule has 6 heteroatoms. The van der Waals surface area contributed by atoms with E-state index in [4.69, 9.17) is 4.42 Å². The third kappa shape index (κ3) is 3.27. The zero-order valence-corrected chi connectivity index (χ0v) is 15.1. The van der Waals surface area contributed by atoms with Gasteiger partial charge in [-0.05, 0) is 36.6 Å². The number of likely N-dealkylation sites (N-methyl/N-ethyl adjacent to an activating group) is 1. The van der Waals surface area contributed by atoms with Gasteiger partial charge < -0.3 is 9.32 Å². The van der Waals surface area contributed by atoms with Crippen molar-refractivity contribution in [2.24, 2.45) is 5.92 Å². The molecule has 1 aliphatic rings. The molecule has 0 N–H and O–H groups in total. The fraction of sp³-hybridized carbons (Fsp3) is 0.350. The Morgan fingerprint density at radius 2 is 1.69 bits per heavy atom. The molecule has 1 aromatic heterocycles. The molecule has 0 radical (unpaired) electrons. The Balaban J connectivity index is 1.88. The highest BCUT2D eigenvalue weighted by Gasteiger charge is 2.43. The van der Waals surface area contributed by atoms with Crippen molar-refractivity contribution in [2.45, 2.75) is 32.9 Å². The summed E-state index contributed by atoms with van der Waals surface area (Å²) in [7, 11) is 1.65. The lowest BCUT2D eigenvalue weighted by atomic mass is 10.0. The van der Waals surface area contributed by atoms with Crippen LogP contribution in [0.4, 0.5) is 0 Å². The molecule has 0 aliphatic carbocycles. The number of hydrogen-bond donors (Lipinski definition) is 0. The van der Waals surface area contributed by atoms with E-state index in [9.17, 15) is 14.4 Å². The number of nitrogens with zero attached hydrogens (tertiary/aromatic N) is 2. The van der Waals surface area contributed by atoms with Crippen molar-refractivity contribution < 1.29 is 18.8 Å². The number of amides is 3. The van der Waals surface area contributed by atoms with Gasteiger partial charge in [0.2, 0.25) is 5.91 Å². The van der Waals surface area contributed by atoms with Gasteiger partial charge in [0.25, 0.3) is 11.8 Å². The second-order valence-electron chi connectivity index (χ2n) is 6.94. The second kappa shape index (κ2) is 7.15. The lowest BCUT2D eigenvalue weighted by molar-refractivity contribution is -0.135. The van der Waals surface area contributed by atoms with Crippen molar-refractivity contribution in [1.82, 2.24) is 9.80 Å². The summed E-state index contributed by atoms with van der Waals surface area (Å²) in [6.07, 6.45) is 1.95. The highest BCUT2D eigenvalue weighted by molar-refractivity contribution is 6.22. The molecule has 2 heterocycles. The van der Waals surface area contributed by atoms with E-state index in [1.807, 2.05) is 13.8 Å². The Morgan fingerprint density at radius 1 is 1.08 bits per heavy atom. The zero-order valence-electron chi connectivity index (χ0n) is 15.1. The summed E-state index contributed by atoms with van der Waals surface area (Å²) < 4.78 is 5.29. The van der Waals surface area contributed by atoms with Crippen LogP contribution in [-0.2, 0) is 11.3 Å². The second-order valence-corrected chi connectivity index (χ2v) is 6.94. The van der Waals surface area contributed by atoms with Crippen molar-refractivity contribution in [3.05, 3.63) is 59.5 Å². The van der Waals surface area contributed by atoms with Crippen LogP contribution in [0.25, 0.3) is 0 Å². The van der Waals surface area contributed by atoms with Gasteiger partial charge in [-0.25, -0.2) is 0 Å². The average Bonchev–Trinajstić information content (AvgIpc) is 3.20. The molecule has 1 aliphatic heterocycles. The maximum absolute atomic E-state index is 13.1. The molecule has 0 spiro atoms. The largest absolute Gasteiger partial charge is 0.467 e. The molecular formula is C20H22N2O4. The summed E-state index contributed by atoms with van der Waals surface area (Å²) in [6.45, 7) is 4.21. The molecule has 136 valence electrons. The summed E-state index contributed by atoms with van der Waals surface area (Å²) in [6, 6.07) is 9.39. The average molecular weight is 354 g/mol. The van der Waals surface area contributed by atoms with E-state index < -0.39 is 17.9 Å². The molecule has 3 rings (SSSR count). The number of benzene rings is 1. The number of rotatable bonds is 6. The standard InChI is InChI=1S/C20H22N2O4/c1-13(2)11-17(20(25)21(3)12-14-7-6-10-26-14)22-18(23)15-8-4-5-9-16(15)19(22)24/h4-10,13,17H,11-12H2,1-3H3. The van der Waals surface area contributed by atoms with Gasteiger partial charge in [0.05, 0.1) is 23.9 Å². The van der Waals surface area contributed by atoms with E-state index >= 15 is 0 Å². The molecule has 0 saturated carbocycles. The molecule has 0 fully saturated rings. The quantitative estimate of drug-likeness (QED) is 0.748. The summed E-state index contributed by atoms with van der Waals surface area (Å²) in [4.78, 5) is 41.3. The topological polar surface area (TPSA) is 70.8 Å². The van der Waals surface area contributed by atoms with Crippen molar-refractivity contribution in [2.75, 3.05) is 7.05 Å². The maximum Gasteiger partial charge on any atom is 0.262 e. The van der Waals surface area contributed by atoms with Crippen molar-refractivity contribution in [3.63, 3.8) is 0 Å². The van der Waals surface area contributed by atoms with E-state index in [1.165, 1.54) is 4.90 Å². The first-order valence-corrected chi connectivity index (χ1v) is 8.64. The molecule has 3 amide bonds. The van der Waals surface area contributed by atoms with Crippen LogP contribution in [0.3, 0.4) is 0 Å². The first-order valence-electron chi connectivity index (χ1n) is 8.64. The van der Waals surface area contributed by atoms with E-state index in [0.717, 1.165) is 4.90 Å². The fourth-order valence-corrected chi connectivity index (χ4v) is 3.22. The Kier molecular flexibility index (Phi) is 4.93. The smallest absolute Gasteiger partial charge is 0.262 e. The van der Waals surface area contributed by atoms with Crippen LogP contribution in [0, 0.1) is 5.92 Å². The minimum Gasteiger partial charge on any atom is -0.467 e. The van der Waals surface area contributed by atoms with E-state index in [-0.39, 0.29) is 18.4 Å². The minimum absolute atomic E-state index is 0.144. The molecule has 1 aromatic carbocycles. The summed E-state index contributed by atoms with van der Waals surface area (Å²) in [5.41, 5.74) is 0.709. The highest BCUT2D eigenvalue weighted by atomic mass is 16.3. The maximum atomic E-state index is 13.1. The predicted molar refractivity (Wildman–Crippen MR) is 95.4 cm³/mol. The Hall–Kier alpha value is -2.89.